The van der Waals surface area contributed by atoms with E-state index in [1.165, 1.54) is 0 Å². The van der Waals surface area contributed by atoms with Crippen molar-refractivity contribution in [2.75, 3.05) is 59.1 Å². The van der Waals surface area contributed by atoms with Crippen molar-refractivity contribution in [3.05, 3.63) is 28.7 Å². The molecule has 1 aromatic carbocycles. The Labute approximate surface area is 170 Å². The number of nitrogens with one attached hydrogen (secondary N) is 2. The van der Waals surface area contributed by atoms with E-state index in [1.807, 2.05) is 38.1 Å². The standard InChI is InChI=1S/C19H31BrN4O3/c1-3-21-18(22-8-11-27-17-6-4-16(20)5-7-17)23-14-19(2,25)15-24-9-12-26-13-10-24/h4-7,25H,3,8-15H2,1-2H3,(H2,21,22,23). The van der Waals surface area contributed by atoms with Crippen LogP contribution in [0.2, 0.25) is 0 Å². The normalized spacial score (nSPS) is 18.0. The third kappa shape index (κ3) is 8.92. The minimum absolute atomic E-state index is 0.327. The van der Waals surface area contributed by atoms with E-state index in [0.29, 0.717) is 32.2 Å². The number of rotatable bonds is 9. The van der Waals surface area contributed by atoms with Crippen LogP contribution in [0.25, 0.3) is 0 Å². The largest absolute Gasteiger partial charge is 0.492 e. The summed E-state index contributed by atoms with van der Waals surface area (Å²) < 4.78 is 12.1. The van der Waals surface area contributed by atoms with Crippen LogP contribution in [-0.2, 0) is 4.74 Å². The van der Waals surface area contributed by atoms with Gasteiger partial charge in [-0.15, -0.1) is 0 Å². The molecule has 1 saturated heterocycles. The van der Waals surface area contributed by atoms with Crippen molar-refractivity contribution in [1.82, 2.24) is 15.5 Å². The summed E-state index contributed by atoms with van der Waals surface area (Å²) in [6, 6.07) is 7.74. The highest BCUT2D eigenvalue weighted by Gasteiger charge is 2.25. The molecule has 0 spiro atoms. The molecule has 1 heterocycles. The summed E-state index contributed by atoms with van der Waals surface area (Å²) in [5.74, 6) is 1.51. The number of hydrogen-bond donors (Lipinski definition) is 3. The van der Waals surface area contributed by atoms with E-state index in [-0.39, 0.29) is 0 Å². The minimum atomic E-state index is -0.881. The van der Waals surface area contributed by atoms with Gasteiger partial charge in [-0.05, 0) is 38.1 Å². The summed E-state index contributed by atoms with van der Waals surface area (Å²) in [7, 11) is 0. The minimum Gasteiger partial charge on any atom is -0.492 e. The summed E-state index contributed by atoms with van der Waals surface area (Å²) in [5, 5.41) is 17.1. The molecule has 1 aromatic rings. The molecule has 1 unspecified atom stereocenters. The van der Waals surface area contributed by atoms with Crippen LogP contribution in [0.15, 0.2) is 33.7 Å². The number of guanidine groups is 1. The van der Waals surface area contributed by atoms with Crippen molar-refractivity contribution in [2.24, 2.45) is 4.99 Å². The fourth-order valence-electron chi connectivity index (χ4n) is 2.75. The average Bonchev–Trinajstić information content (AvgIpc) is 2.65. The van der Waals surface area contributed by atoms with Crippen molar-refractivity contribution in [3.63, 3.8) is 0 Å². The molecule has 0 radical (unpaired) electrons. The molecule has 1 atom stereocenters. The first-order valence-electron chi connectivity index (χ1n) is 9.41. The number of benzene rings is 1. The molecule has 1 aliphatic rings. The van der Waals surface area contributed by atoms with Gasteiger partial charge in [-0.3, -0.25) is 9.89 Å². The van der Waals surface area contributed by atoms with Gasteiger partial charge in [0.15, 0.2) is 5.96 Å². The lowest BCUT2D eigenvalue weighted by Crippen LogP contribution is -2.48. The Bertz CT molecular complexity index is 575. The van der Waals surface area contributed by atoms with Crippen molar-refractivity contribution in [1.29, 1.82) is 0 Å². The van der Waals surface area contributed by atoms with Gasteiger partial charge in [0, 0.05) is 30.7 Å². The maximum Gasteiger partial charge on any atom is 0.191 e. The number of halogens is 1. The molecule has 2 rings (SSSR count). The van der Waals surface area contributed by atoms with Gasteiger partial charge in [0.1, 0.15) is 12.4 Å². The number of morpholine rings is 1. The van der Waals surface area contributed by atoms with Gasteiger partial charge in [-0.25, -0.2) is 0 Å². The first kappa shape index (κ1) is 21.9. The average molecular weight is 443 g/mol. The number of β-amino-alcohol motifs (C(OH)–C–C–N with tert-alkyl or cyclic N) is 1. The lowest BCUT2D eigenvalue weighted by molar-refractivity contribution is -0.0179. The van der Waals surface area contributed by atoms with Crippen LogP contribution in [0, 0.1) is 0 Å². The van der Waals surface area contributed by atoms with Crippen LogP contribution in [0.1, 0.15) is 13.8 Å². The summed E-state index contributed by atoms with van der Waals surface area (Å²) in [4.78, 5) is 6.75. The van der Waals surface area contributed by atoms with Crippen LogP contribution in [0.5, 0.6) is 5.75 Å². The Kier molecular flexibility index (Phi) is 9.33. The second-order valence-electron chi connectivity index (χ2n) is 6.81. The maximum atomic E-state index is 10.7. The fourth-order valence-corrected chi connectivity index (χ4v) is 3.02. The molecule has 0 saturated carbocycles. The van der Waals surface area contributed by atoms with Crippen LogP contribution < -0.4 is 15.4 Å². The second kappa shape index (κ2) is 11.5. The Morgan fingerprint density at radius 3 is 2.67 bits per heavy atom. The zero-order chi connectivity index (χ0) is 19.5. The molecule has 0 amide bonds. The highest BCUT2D eigenvalue weighted by Crippen LogP contribution is 2.15. The highest BCUT2D eigenvalue weighted by molar-refractivity contribution is 9.10. The van der Waals surface area contributed by atoms with Crippen molar-refractivity contribution < 1.29 is 14.6 Å². The smallest absolute Gasteiger partial charge is 0.191 e. The third-order valence-electron chi connectivity index (χ3n) is 4.07. The van der Waals surface area contributed by atoms with Crippen molar-refractivity contribution in [2.45, 2.75) is 19.4 Å². The topological polar surface area (TPSA) is 78.4 Å². The SMILES string of the molecule is CCNC(=NCC(C)(O)CN1CCOCC1)NCCOc1ccc(Br)cc1. The van der Waals surface area contributed by atoms with Crippen LogP contribution in [0.4, 0.5) is 0 Å². The Hall–Kier alpha value is -1.35. The zero-order valence-electron chi connectivity index (χ0n) is 16.2. The summed E-state index contributed by atoms with van der Waals surface area (Å²) >= 11 is 3.41. The number of ether oxygens (including phenoxy) is 2. The van der Waals surface area contributed by atoms with E-state index in [4.69, 9.17) is 9.47 Å². The molecular formula is C19H31BrN4O3. The van der Waals surface area contributed by atoms with Gasteiger partial charge in [0.05, 0.1) is 31.9 Å². The fraction of sp³-hybridized carbons (Fsp3) is 0.632. The number of aliphatic imine (C=N–C) groups is 1. The van der Waals surface area contributed by atoms with Gasteiger partial charge in [0.25, 0.3) is 0 Å². The molecule has 3 N–H and O–H groups in total. The number of aliphatic hydroxyl groups is 1. The summed E-state index contributed by atoms with van der Waals surface area (Å²) in [5.41, 5.74) is -0.881. The van der Waals surface area contributed by atoms with Crippen LogP contribution in [-0.4, -0.2) is 80.7 Å². The summed E-state index contributed by atoms with van der Waals surface area (Å²) in [6.07, 6.45) is 0. The van der Waals surface area contributed by atoms with E-state index in [1.54, 1.807) is 0 Å². The molecule has 1 fully saturated rings. The Morgan fingerprint density at radius 1 is 1.30 bits per heavy atom. The van der Waals surface area contributed by atoms with E-state index in [9.17, 15) is 5.11 Å². The molecule has 0 aliphatic carbocycles. The van der Waals surface area contributed by atoms with Gasteiger partial charge in [-0.1, -0.05) is 15.9 Å². The van der Waals surface area contributed by atoms with E-state index in [0.717, 1.165) is 43.1 Å². The third-order valence-corrected chi connectivity index (χ3v) is 4.60. The number of nitrogens with zero attached hydrogens (tertiary/aromatic N) is 2. The quantitative estimate of drug-likeness (QED) is 0.305. The van der Waals surface area contributed by atoms with E-state index in [2.05, 4.69) is 36.5 Å². The lowest BCUT2D eigenvalue weighted by Gasteiger charge is -2.33. The Balaban J connectivity index is 1.75. The summed E-state index contributed by atoms with van der Waals surface area (Å²) in [6.45, 7) is 9.81. The predicted molar refractivity (Wildman–Crippen MR) is 112 cm³/mol. The van der Waals surface area contributed by atoms with Crippen LogP contribution >= 0.6 is 15.9 Å². The van der Waals surface area contributed by atoms with Crippen molar-refractivity contribution >= 4 is 21.9 Å². The zero-order valence-corrected chi connectivity index (χ0v) is 17.8. The predicted octanol–water partition coefficient (Wildman–Crippen LogP) is 1.47. The van der Waals surface area contributed by atoms with Gasteiger partial charge >= 0.3 is 0 Å². The molecule has 152 valence electrons. The highest BCUT2D eigenvalue weighted by atomic mass is 79.9. The monoisotopic (exact) mass is 442 g/mol. The van der Waals surface area contributed by atoms with Gasteiger partial charge < -0.3 is 25.2 Å². The first-order valence-corrected chi connectivity index (χ1v) is 10.2. The van der Waals surface area contributed by atoms with E-state index < -0.39 is 5.60 Å². The molecular weight excluding hydrogens is 412 g/mol. The molecule has 27 heavy (non-hydrogen) atoms. The Morgan fingerprint density at radius 2 is 2.00 bits per heavy atom. The van der Waals surface area contributed by atoms with Gasteiger partial charge in [0.2, 0.25) is 0 Å². The maximum absolute atomic E-state index is 10.7. The van der Waals surface area contributed by atoms with Gasteiger partial charge in [-0.2, -0.15) is 0 Å². The molecule has 8 heteroatoms. The molecule has 7 nitrogen and oxygen atoms in total. The van der Waals surface area contributed by atoms with Crippen molar-refractivity contribution in [3.8, 4) is 5.75 Å². The number of hydrogen-bond acceptors (Lipinski definition) is 5. The molecule has 0 aromatic heterocycles. The lowest BCUT2D eigenvalue weighted by atomic mass is 10.1. The van der Waals surface area contributed by atoms with Crippen LogP contribution in [0.3, 0.4) is 0 Å². The van der Waals surface area contributed by atoms with E-state index >= 15 is 0 Å². The first-order chi connectivity index (χ1) is 13.0. The molecule has 1 aliphatic heterocycles. The second-order valence-corrected chi connectivity index (χ2v) is 7.73. The molecule has 0 bridgehead atoms.